The highest BCUT2D eigenvalue weighted by Crippen LogP contribution is 2.18. The Kier molecular flexibility index (Phi) is 5.66. The number of hydrogen-bond donors (Lipinski definition) is 1. The number of amides is 2. The van der Waals surface area contributed by atoms with Crippen molar-refractivity contribution in [1.82, 2.24) is 10.2 Å². The average Bonchev–Trinajstić information content (AvgIpc) is 2.56. The first kappa shape index (κ1) is 18.3. The van der Waals surface area contributed by atoms with Crippen LogP contribution in [0.2, 0.25) is 0 Å². The quantitative estimate of drug-likeness (QED) is 0.333. The number of hydrogen-bond acceptors (Lipinski definition) is 6. The van der Waals surface area contributed by atoms with Crippen molar-refractivity contribution in [3.05, 3.63) is 48.1 Å². The van der Waals surface area contributed by atoms with E-state index in [-0.39, 0.29) is 17.2 Å². The maximum absolute atomic E-state index is 12.4. The van der Waals surface area contributed by atoms with Gasteiger partial charge in [-0.1, -0.05) is 18.2 Å². The fourth-order valence-corrected chi connectivity index (χ4v) is 2.30. The number of aliphatic carboxylic acids is 1. The van der Waals surface area contributed by atoms with Crippen molar-refractivity contribution in [3.63, 3.8) is 0 Å². The van der Waals surface area contributed by atoms with Crippen LogP contribution in [0.1, 0.15) is 12.5 Å². The number of carboxylic acid groups (broad SMARTS) is 1. The van der Waals surface area contributed by atoms with Gasteiger partial charge in [-0.05, 0) is 42.9 Å². The van der Waals surface area contributed by atoms with Crippen LogP contribution in [0.25, 0.3) is 6.08 Å². The van der Waals surface area contributed by atoms with Crippen LogP contribution in [0.5, 0.6) is 5.75 Å². The smallest absolute Gasteiger partial charge is 0.265 e. The van der Waals surface area contributed by atoms with Gasteiger partial charge in [-0.3, -0.25) is 19.8 Å². The Morgan fingerprint density at radius 2 is 2.04 bits per heavy atom. The molecule has 1 aliphatic heterocycles. The van der Waals surface area contributed by atoms with E-state index in [2.05, 4.69) is 11.9 Å². The van der Waals surface area contributed by atoms with Gasteiger partial charge in [-0.2, -0.15) is 0 Å². The number of nitrogens with one attached hydrogen (secondary N) is 1. The van der Waals surface area contributed by atoms with E-state index in [9.17, 15) is 19.5 Å². The molecule has 1 fully saturated rings. The highest BCUT2D eigenvalue weighted by Gasteiger charge is 2.32. The second-order valence-electron chi connectivity index (χ2n) is 5.17. The molecule has 0 spiro atoms. The molecule has 2 rings (SSSR count). The van der Waals surface area contributed by atoms with Gasteiger partial charge in [0.25, 0.3) is 11.8 Å². The maximum atomic E-state index is 12.4. The molecule has 25 heavy (non-hydrogen) atoms. The van der Waals surface area contributed by atoms with Gasteiger partial charge in [0, 0.05) is 6.54 Å². The molecule has 7 nitrogen and oxygen atoms in total. The van der Waals surface area contributed by atoms with Crippen LogP contribution in [0.15, 0.2) is 42.5 Å². The van der Waals surface area contributed by atoms with Gasteiger partial charge < -0.3 is 14.6 Å². The van der Waals surface area contributed by atoms with Crippen LogP contribution in [0, 0.1) is 0 Å². The van der Waals surface area contributed by atoms with Crippen molar-refractivity contribution in [2.75, 3.05) is 6.54 Å². The fourth-order valence-electron chi connectivity index (χ4n) is 2.05. The first-order chi connectivity index (χ1) is 11.8. The summed E-state index contributed by atoms with van der Waals surface area (Å²) in [5, 5.41) is 13.2. The topological polar surface area (TPSA) is 98.8 Å². The van der Waals surface area contributed by atoms with Gasteiger partial charge in [0.15, 0.2) is 5.11 Å². The summed E-state index contributed by atoms with van der Waals surface area (Å²) >= 11 is 4.97. The molecule has 0 saturated carbocycles. The molecular formula is C17H15N2O5S-. The van der Waals surface area contributed by atoms with E-state index in [0.29, 0.717) is 11.3 Å². The standard InChI is InChI=1S/C17H16N2O5S/c1-3-8-19-15(21)13(14(20)18-17(19)25)9-11-4-6-12(7-5-11)24-10(2)16(22)23/h3-7,9-10H,1,8H2,2H3,(H,22,23)(H,18,20,25)/p-1/b13-9-/t10-/m0/s1. The van der Waals surface area contributed by atoms with Crippen LogP contribution in [-0.2, 0) is 14.4 Å². The normalized spacial score (nSPS) is 17.2. The predicted molar refractivity (Wildman–Crippen MR) is 92.2 cm³/mol. The fraction of sp³-hybridized carbons (Fsp3) is 0.176. The molecule has 2 amide bonds. The van der Waals surface area contributed by atoms with Crippen LogP contribution in [0.4, 0.5) is 0 Å². The molecule has 0 radical (unpaired) electrons. The highest BCUT2D eigenvalue weighted by atomic mass is 32.1. The average molecular weight is 359 g/mol. The Labute approximate surface area is 149 Å². The van der Waals surface area contributed by atoms with E-state index in [1.807, 2.05) is 0 Å². The van der Waals surface area contributed by atoms with Crippen molar-refractivity contribution in [2.45, 2.75) is 13.0 Å². The van der Waals surface area contributed by atoms with E-state index < -0.39 is 23.9 Å². The summed E-state index contributed by atoms with van der Waals surface area (Å²) in [6, 6.07) is 6.25. The van der Waals surface area contributed by atoms with Gasteiger partial charge in [0.2, 0.25) is 0 Å². The van der Waals surface area contributed by atoms with Crippen molar-refractivity contribution in [1.29, 1.82) is 0 Å². The van der Waals surface area contributed by atoms with Gasteiger partial charge in [0.1, 0.15) is 17.4 Å². The molecule has 1 saturated heterocycles. The van der Waals surface area contributed by atoms with Gasteiger partial charge >= 0.3 is 0 Å². The lowest BCUT2D eigenvalue weighted by Gasteiger charge is -2.27. The number of thiocarbonyl (C=S) groups is 1. The summed E-state index contributed by atoms with van der Waals surface area (Å²) in [5.74, 6) is -2.09. The van der Waals surface area contributed by atoms with E-state index in [1.54, 1.807) is 12.1 Å². The molecule has 1 N–H and O–H groups in total. The Balaban J connectivity index is 2.22. The number of carboxylic acids is 1. The summed E-state index contributed by atoms with van der Waals surface area (Å²) in [6.45, 7) is 5.09. The zero-order valence-corrected chi connectivity index (χ0v) is 14.2. The third-order valence-corrected chi connectivity index (χ3v) is 3.66. The molecule has 1 heterocycles. The number of carbonyl (C=O) groups is 3. The molecule has 1 aromatic rings. The Morgan fingerprint density at radius 1 is 1.40 bits per heavy atom. The van der Waals surface area contributed by atoms with Crippen LogP contribution in [0.3, 0.4) is 0 Å². The molecule has 0 aliphatic carbocycles. The molecule has 0 unspecified atom stereocenters. The number of rotatable bonds is 6. The number of carbonyl (C=O) groups excluding carboxylic acids is 3. The van der Waals surface area contributed by atoms with Gasteiger partial charge in [-0.25, -0.2) is 0 Å². The zero-order chi connectivity index (χ0) is 18.6. The molecule has 1 aliphatic rings. The molecule has 0 aromatic heterocycles. The lowest BCUT2D eigenvalue weighted by atomic mass is 10.1. The summed E-state index contributed by atoms with van der Waals surface area (Å²) in [6.07, 6.45) is 1.83. The van der Waals surface area contributed by atoms with Gasteiger partial charge in [-0.15, -0.1) is 6.58 Å². The third kappa shape index (κ3) is 4.30. The van der Waals surface area contributed by atoms with Crippen molar-refractivity contribution in [3.8, 4) is 5.75 Å². The first-order valence-corrected chi connectivity index (χ1v) is 7.71. The highest BCUT2D eigenvalue weighted by molar-refractivity contribution is 7.80. The Morgan fingerprint density at radius 3 is 2.60 bits per heavy atom. The second kappa shape index (κ2) is 7.71. The molecule has 8 heteroatoms. The van der Waals surface area contributed by atoms with E-state index in [4.69, 9.17) is 17.0 Å². The minimum absolute atomic E-state index is 0.0343. The minimum Gasteiger partial charge on any atom is -0.546 e. The van der Waals surface area contributed by atoms with E-state index >= 15 is 0 Å². The first-order valence-electron chi connectivity index (χ1n) is 7.31. The summed E-state index contributed by atoms with van der Waals surface area (Å²) < 4.78 is 5.16. The van der Waals surface area contributed by atoms with Crippen molar-refractivity contribution in [2.24, 2.45) is 0 Å². The summed E-state index contributed by atoms with van der Waals surface area (Å²) in [7, 11) is 0. The van der Waals surface area contributed by atoms with Crippen molar-refractivity contribution >= 4 is 41.2 Å². The molecule has 1 aromatic carbocycles. The third-order valence-electron chi connectivity index (χ3n) is 3.33. The lowest BCUT2D eigenvalue weighted by Crippen LogP contribution is -2.53. The van der Waals surface area contributed by atoms with Crippen LogP contribution < -0.4 is 15.2 Å². The molecule has 1 atom stereocenters. The Bertz CT molecular complexity index is 770. The van der Waals surface area contributed by atoms with E-state index in [0.717, 1.165) is 0 Å². The SMILES string of the molecule is C=CCN1C(=O)/C(=C\c2ccc(O[C@@H](C)C(=O)[O-])cc2)C(=O)NC1=S. The summed E-state index contributed by atoms with van der Waals surface area (Å²) in [5.41, 5.74) is 0.505. The number of nitrogens with zero attached hydrogens (tertiary/aromatic N) is 1. The minimum atomic E-state index is -1.33. The number of ether oxygens (including phenoxy) is 1. The molecular weight excluding hydrogens is 344 g/mol. The monoisotopic (exact) mass is 359 g/mol. The molecule has 0 bridgehead atoms. The zero-order valence-electron chi connectivity index (χ0n) is 13.4. The van der Waals surface area contributed by atoms with Gasteiger partial charge in [0.05, 0.1) is 5.97 Å². The van der Waals surface area contributed by atoms with Crippen LogP contribution >= 0.6 is 12.2 Å². The predicted octanol–water partition coefficient (Wildman–Crippen LogP) is 0.0165. The van der Waals surface area contributed by atoms with E-state index in [1.165, 1.54) is 36.1 Å². The molecule has 130 valence electrons. The summed E-state index contributed by atoms with van der Waals surface area (Å²) in [4.78, 5) is 36.3. The number of benzene rings is 1. The Hall–Kier alpha value is -3.00. The second-order valence-corrected chi connectivity index (χ2v) is 5.56. The van der Waals surface area contributed by atoms with Crippen LogP contribution in [-0.4, -0.2) is 40.4 Å². The van der Waals surface area contributed by atoms with Crippen molar-refractivity contribution < 1.29 is 24.2 Å². The lowest BCUT2D eigenvalue weighted by molar-refractivity contribution is -0.312. The largest absolute Gasteiger partial charge is 0.546 e. The maximum Gasteiger partial charge on any atom is 0.265 e.